The largest absolute Gasteiger partial charge is 0.463 e. The molecule has 134 valence electrons. The lowest BCUT2D eigenvalue weighted by Gasteiger charge is -2.21. The Labute approximate surface area is 145 Å². The van der Waals surface area contributed by atoms with Gasteiger partial charge in [-0.25, -0.2) is 9.59 Å². The van der Waals surface area contributed by atoms with Crippen molar-refractivity contribution in [1.82, 2.24) is 0 Å². The Morgan fingerprint density at radius 3 is 2.64 bits per heavy atom. The van der Waals surface area contributed by atoms with Gasteiger partial charge in [-0.15, -0.1) is 0 Å². The predicted octanol–water partition coefficient (Wildman–Crippen LogP) is 2.77. The van der Waals surface area contributed by atoms with Gasteiger partial charge >= 0.3 is 11.9 Å². The van der Waals surface area contributed by atoms with Crippen LogP contribution in [0.3, 0.4) is 0 Å². The maximum Gasteiger partial charge on any atom is 0.347 e. The summed E-state index contributed by atoms with van der Waals surface area (Å²) in [5.74, 6) is -1.38. The first-order valence-corrected chi connectivity index (χ1v) is 8.17. The van der Waals surface area contributed by atoms with Crippen molar-refractivity contribution >= 4 is 11.9 Å². The second kappa shape index (κ2) is 9.66. The monoisotopic (exact) mass is 347 g/mol. The van der Waals surface area contributed by atoms with Gasteiger partial charge in [-0.05, 0) is 36.8 Å². The lowest BCUT2D eigenvalue weighted by Crippen LogP contribution is -2.40. The van der Waals surface area contributed by atoms with Crippen molar-refractivity contribution in [2.75, 3.05) is 13.2 Å². The van der Waals surface area contributed by atoms with Gasteiger partial charge in [-0.3, -0.25) is 0 Å². The molecule has 0 N–H and O–H groups in total. The van der Waals surface area contributed by atoms with Crippen molar-refractivity contribution < 1.29 is 23.8 Å². The molecule has 1 aromatic rings. The number of azide groups is 1. The molecule has 0 bridgehead atoms. The average Bonchev–Trinajstić information content (AvgIpc) is 3.44. The molecule has 0 aliphatic heterocycles. The number of nitrogens with zero attached hydrogens (tertiary/aromatic N) is 3. The topological polar surface area (TPSA) is 111 Å². The molecule has 0 heterocycles. The number of hydrogen-bond donors (Lipinski definition) is 0. The van der Waals surface area contributed by atoms with Gasteiger partial charge in [0.2, 0.25) is 6.10 Å². The van der Waals surface area contributed by atoms with Crippen LogP contribution < -0.4 is 0 Å². The second-order valence-corrected chi connectivity index (χ2v) is 5.67. The Morgan fingerprint density at radius 2 is 2.04 bits per heavy atom. The molecule has 0 amide bonds. The zero-order chi connectivity index (χ0) is 18.1. The number of ether oxygens (including phenoxy) is 3. The summed E-state index contributed by atoms with van der Waals surface area (Å²) in [6.45, 7) is 1.74. The van der Waals surface area contributed by atoms with Crippen molar-refractivity contribution in [2.24, 2.45) is 11.0 Å². The van der Waals surface area contributed by atoms with E-state index in [1.165, 1.54) is 0 Å². The third-order valence-corrected chi connectivity index (χ3v) is 3.71. The van der Waals surface area contributed by atoms with E-state index < -0.39 is 24.1 Å². The SMILES string of the molecule is CCOC(=O)[C@@H](OC(=O)COCc1ccccc1)[C@@H](N=[N+]=[N-])C1CC1. The Morgan fingerprint density at radius 1 is 1.32 bits per heavy atom. The molecule has 0 aromatic heterocycles. The van der Waals surface area contributed by atoms with Crippen LogP contribution in [0.25, 0.3) is 10.4 Å². The predicted molar refractivity (Wildman–Crippen MR) is 88.3 cm³/mol. The van der Waals surface area contributed by atoms with Crippen molar-refractivity contribution in [3.63, 3.8) is 0 Å². The summed E-state index contributed by atoms with van der Waals surface area (Å²) in [7, 11) is 0. The molecule has 0 radical (unpaired) electrons. The highest BCUT2D eigenvalue weighted by atomic mass is 16.6. The van der Waals surface area contributed by atoms with Gasteiger partial charge in [0.25, 0.3) is 0 Å². The normalized spacial score (nSPS) is 15.6. The lowest BCUT2D eigenvalue weighted by atomic mass is 10.1. The molecule has 2 rings (SSSR count). The molecule has 1 saturated carbocycles. The van der Waals surface area contributed by atoms with Gasteiger partial charge in [-0.2, -0.15) is 0 Å². The standard InChI is InChI=1S/C17H21N3O5/c1-2-24-17(22)16(15(19-20-18)13-8-9-13)25-14(21)11-23-10-12-6-4-3-5-7-12/h3-7,13,15-16H,2,8-11H2,1H3/t15-,16-/m0/s1. The molecule has 25 heavy (non-hydrogen) atoms. The fraction of sp³-hybridized carbons (Fsp3) is 0.529. The summed E-state index contributed by atoms with van der Waals surface area (Å²) in [5.41, 5.74) is 9.64. The van der Waals surface area contributed by atoms with Gasteiger partial charge in [-0.1, -0.05) is 35.4 Å². The van der Waals surface area contributed by atoms with Crippen LogP contribution in [0.2, 0.25) is 0 Å². The van der Waals surface area contributed by atoms with Crippen molar-refractivity contribution in [3.8, 4) is 0 Å². The molecule has 0 unspecified atom stereocenters. The Kier molecular flexibility index (Phi) is 7.25. The first-order chi connectivity index (χ1) is 12.2. The molecule has 1 aliphatic rings. The first kappa shape index (κ1) is 18.8. The molecule has 0 saturated heterocycles. The van der Waals surface area contributed by atoms with Crippen molar-refractivity contribution in [3.05, 3.63) is 46.3 Å². The van der Waals surface area contributed by atoms with Crippen LogP contribution in [0, 0.1) is 5.92 Å². The molecule has 1 aromatic carbocycles. The van der Waals surface area contributed by atoms with Gasteiger partial charge in [0, 0.05) is 4.91 Å². The van der Waals surface area contributed by atoms with Crippen LogP contribution in [0.1, 0.15) is 25.3 Å². The Balaban J connectivity index is 1.91. The molecule has 1 aliphatic carbocycles. The minimum absolute atomic E-state index is 0.0309. The molecular formula is C17H21N3O5. The highest BCUT2D eigenvalue weighted by molar-refractivity contribution is 5.80. The Hall–Kier alpha value is -2.57. The fourth-order valence-corrected chi connectivity index (χ4v) is 2.38. The maximum absolute atomic E-state index is 12.1. The molecule has 0 spiro atoms. The molecule has 8 heteroatoms. The average molecular weight is 347 g/mol. The van der Waals surface area contributed by atoms with Crippen LogP contribution in [-0.2, 0) is 30.4 Å². The van der Waals surface area contributed by atoms with E-state index in [1.54, 1.807) is 6.92 Å². The minimum atomic E-state index is -1.24. The van der Waals surface area contributed by atoms with Crippen LogP contribution in [-0.4, -0.2) is 37.3 Å². The highest BCUT2D eigenvalue weighted by Gasteiger charge is 2.42. The summed E-state index contributed by atoms with van der Waals surface area (Å²) in [5, 5.41) is 3.63. The van der Waals surface area contributed by atoms with E-state index in [9.17, 15) is 9.59 Å². The smallest absolute Gasteiger partial charge is 0.347 e. The van der Waals surface area contributed by atoms with Gasteiger partial charge < -0.3 is 14.2 Å². The third kappa shape index (κ3) is 6.10. The molecular weight excluding hydrogens is 326 g/mol. The van der Waals surface area contributed by atoms with Crippen LogP contribution >= 0.6 is 0 Å². The zero-order valence-corrected chi connectivity index (χ0v) is 14.0. The van der Waals surface area contributed by atoms with Gasteiger partial charge in [0.1, 0.15) is 6.61 Å². The van der Waals surface area contributed by atoms with E-state index in [1.807, 2.05) is 30.3 Å². The van der Waals surface area contributed by atoms with Crippen molar-refractivity contribution in [1.29, 1.82) is 0 Å². The van der Waals surface area contributed by atoms with E-state index in [2.05, 4.69) is 10.0 Å². The zero-order valence-electron chi connectivity index (χ0n) is 14.0. The molecule has 2 atom stereocenters. The second-order valence-electron chi connectivity index (χ2n) is 5.67. The highest BCUT2D eigenvalue weighted by Crippen LogP contribution is 2.37. The van der Waals surface area contributed by atoms with E-state index in [0.717, 1.165) is 18.4 Å². The summed E-state index contributed by atoms with van der Waals surface area (Å²) in [4.78, 5) is 26.9. The first-order valence-electron chi connectivity index (χ1n) is 8.17. The quantitative estimate of drug-likeness (QED) is 0.280. The number of rotatable bonds is 10. The van der Waals surface area contributed by atoms with E-state index >= 15 is 0 Å². The van der Waals surface area contributed by atoms with Crippen molar-refractivity contribution in [2.45, 2.75) is 38.5 Å². The van der Waals surface area contributed by atoms with Gasteiger partial charge in [0.05, 0.1) is 19.3 Å². The summed E-state index contributed by atoms with van der Waals surface area (Å²) in [6.07, 6.45) is 0.403. The Bertz CT molecular complexity index is 626. The van der Waals surface area contributed by atoms with E-state index in [0.29, 0.717) is 0 Å². The number of carbonyl (C=O) groups is 2. The fourth-order valence-electron chi connectivity index (χ4n) is 2.38. The number of benzene rings is 1. The number of hydrogen-bond acceptors (Lipinski definition) is 6. The summed E-state index contributed by atoms with van der Waals surface area (Å²) < 4.78 is 15.5. The van der Waals surface area contributed by atoms with E-state index in [-0.39, 0.29) is 25.7 Å². The van der Waals surface area contributed by atoms with E-state index in [4.69, 9.17) is 19.7 Å². The van der Waals surface area contributed by atoms with Crippen LogP contribution in [0.5, 0.6) is 0 Å². The molecule has 8 nitrogen and oxygen atoms in total. The number of esters is 2. The summed E-state index contributed by atoms with van der Waals surface area (Å²) in [6, 6.07) is 8.62. The summed E-state index contributed by atoms with van der Waals surface area (Å²) >= 11 is 0. The lowest BCUT2D eigenvalue weighted by molar-refractivity contribution is -0.172. The molecule has 1 fully saturated rings. The third-order valence-electron chi connectivity index (χ3n) is 3.71. The maximum atomic E-state index is 12.1. The van der Waals surface area contributed by atoms with Crippen LogP contribution in [0.4, 0.5) is 0 Å². The van der Waals surface area contributed by atoms with Crippen LogP contribution in [0.15, 0.2) is 35.4 Å². The minimum Gasteiger partial charge on any atom is -0.463 e. The van der Waals surface area contributed by atoms with Gasteiger partial charge in [0.15, 0.2) is 0 Å². The number of carbonyl (C=O) groups excluding carboxylic acids is 2.